The van der Waals surface area contributed by atoms with E-state index in [1.54, 1.807) is 33.0 Å². The molecule has 0 aliphatic carbocycles. The Balaban J connectivity index is 0.000000505. The van der Waals surface area contributed by atoms with Gasteiger partial charge in [0, 0.05) is 47.0 Å². The Hall–Kier alpha value is 0.290. The van der Waals surface area contributed by atoms with E-state index >= 15 is 0 Å². The number of piperidine rings is 1. The number of nitrogens with zero attached hydrogens (tertiary/aromatic N) is 3. The zero-order valence-corrected chi connectivity index (χ0v) is 29.4. The van der Waals surface area contributed by atoms with Gasteiger partial charge in [-0.25, -0.2) is 9.97 Å². The third-order valence-electron chi connectivity index (χ3n) is 5.17. The minimum absolute atomic E-state index is 0. The van der Waals surface area contributed by atoms with E-state index in [0.717, 1.165) is 34.4 Å². The summed E-state index contributed by atoms with van der Waals surface area (Å²) in [6.07, 6.45) is 7.71. The maximum absolute atomic E-state index is 10.1. The molecule has 6 nitrogen and oxygen atoms in total. The summed E-state index contributed by atoms with van der Waals surface area (Å²) in [5.41, 5.74) is 0.402. The largest absolute Gasteiger partial charge is 1.00 e. The van der Waals surface area contributed by atoms with E-state index in [1.807, 2.05) is 24.4 Å². The average molecular weight is 674 g/mol. The predicted molar refractivity (Wildman–Crippen MR) is 161 cm³/mol. The Morgan fingerprint density at radius 1 is 0.838 bits per heavy atom. The van der Waals surface area contributed by atoms with Gasteiger partial charge in [0.1, 0.15) is 10.3 Å². The predicted octanol–water partition coefficient (Wildman–Crippen LogP) is 2.95. The first-order valence-corrected chi connectivity index (χ1v) is 14.4. The van der Waals surface area contributed by atoms with E-state index in [-0.39, 0.29) is 29.6 Å². The van der Waals surface area contributed by atoms with Crippen molar-refractivity contribution >= 4 is 51.5 Å². The van der Waals surface area contributed by atoms with E-state index in [0.29, 0.717) is 22.4 Å². The smallest absolute Gasteiger partial charge is 0.850 e. The minimum Gasteiger partial charge on any atom is -0.850 e. The van der Waals surface area contributed by atoms with E-state index in [9.17, 15) is 5.11 Å². The van der Waals surface area contributed by atoms with Crippen LogP contribution in [0.5, 0.6) is 0 Å². The molecule has 4 rings (SSSR count). The van der Waals surface area contributed by atoms with Gasteiger partial charge in [-0.3, -0.25) is 0 Å². The number of hydrogen-bond donors (Lipinski definition) is 2. The normalized spacial score (nSPS) is 23.1. The molecule has 10 heteroatoms. The third-order valence-corrected chi connectivity index (χ3v) is 6.25. The van der Waals surface area contributed by atoms with E-state index in [1.165, 1.54) is 19.3 Å². The van der Waals surface area contributed by atoms with Crippen LogP contribution in [0.3, 0.4) is 0 Å². The van der Waals surface area contributed by atoms with Crippen molar-refractivity contribution in [1.82, 2.24) is 20.6 Å². The van der Waals surface area contributed by atoms with Crippen LogP contribution < -0.4 is 50.2 Å². The third kappa shape index (κ3) is 19.9. The topological polar surface area (TPSA) is 76.1 Å². The first-order valence-electron chi connectivity index (χ1n) is 12.6. The molecule has 2 saturated heterocycles. The fraction of sp³-hybridized carbons (Fsp3) is 0.630. The first kappa shape index (κ1) is 37.3. The van der Waals surface area contributed by atoms with Gasteiger partial charge in [-0.05, 0) is 87.4 Å². The number of anilines is 1. The molecular formula is C27H43Cl2IN5NaO. The Labute approximate surface area is 270 Å². The van der Waals surface area contributed by atoms with Gasteiger partial charge >= 0.3 is 29.6 Å². The fourth-order valence-electron chi connectivity index (χ4n) is 3.83. The molecule has 2 aliphatic heterocycles. The van der Waals surface area contributed by atoms with E-state index < -0.39 is 5.60 Å². The maximum atomic E-state index is 10.1. The molecule has 37 heavy (non-hydrogen) atoms. The van der Waals surface area contributed by atoms with Crippen molar-refractivity contribution < 1.29 is 34.7 Å². The van der Waals surface area contributed by atoms with E-state index in [2.05, 4.69) is 75.8 Å². The summed E-state index contributed by atoms with van der Waals surface area (Å²) in [5, 5.41) is 18.2. The maximum Gasteiger partial charge on any atom is 1.00 e. The number of hydrogen-bond acceptors (Lipinski definition) is 6. The Bertz CT molecular complexity index is 810. The molecule has 0 radical (unpaired) electrons. The van der Waals surface area contributed by atoms with Crippen molar-refractivity contribution in [2.24, 2.45) is 0 Å². The summed E-state index contributed by atoms with van der Waals surface area (Å²) in [6, 6.07) is 10.1. The summed E-state index contributed by atoms with van der Waals surface area (Å²) in [4.78, 5) is 10.3. The molecule has 0 bridgehead atoms. The number of pyridine rings is 2. The van der Waals surface area contributed by atoms with Crippen LogP contribution in [0.15, 0.2) is 36.7 Å². The molecule has 0 amide bonds. The molecule has 0 aromatic carbocycles. The minimum atomic E-state index is -0.750. The molecule has 0 saturated carbocycles. The van der Waals surface area contributed by atoms with Crippen LogP contribution in [0, 0.1) is 3.57 Å². The standard InChI is InChI=1S/C11H16ClN3.C7H15N.C5H3ClIN.C4H9O.Na/c1-8-6-15(7-9(2)14-8)10-3-4-11(12)13-5-10;1-6-4-3-5-7(2)8-6;6-5-2-1-4(7)3-8-5;1-4(2,3)5;/h3-5,8-9,14H,6-7H2,1-2H3;6-8H,3-5H2,1-2H3;1-3H;1-3H3;/q;;;-1;+1. The van der Waals surface area contributed by atoms with Crippen molar-refractivity contribution in [3.63, 3.8) is 0 Å². The van der Waals surface area contributed by atoms with Crippen LogP contribution >= 0.6 is 45.8 Å². The molecule has 204 valence electrons. The summed E-state index contributed by atoms with van der Waals surface area (Å²) in [7, 11) is 0. The molecule has 4 atom stereocenters. The van der Waals surface area contributed by atoms with Gasteiger partial charge in [0.25, 0.3) is 0 Å². The second-order valence-corrected chi connectivity index (χ2v) is 12.5. The monoisotopic (exact) mass is 673 g/mol. The van der Waals surface area contributed by atoms with Crippen LogP contribution in [-0.2, 0) is 0 Å². The Morgan fingerprint density at radius 3 is 1.59 bits per heavy atom. The molecule has 4 unspecified atom stereocenters. The van der Waals surface area contributed by atoms with Crippen LogP contribution in [0.1, 0.15) is 67.7 Å². The van der Waals surface area contributed by atoms with Crippen LogP contribution in [0.2, 0.25) is 10.3 Å². The zero-order chi connectivity index (χ0) is 27.3. The Morgan fingerprint density at radius 2 is 1.27 bits per heavy atom. The van der Waals surface area contributed by atoms with Gasteiger partial charge in [0.2, 0.25) is 0 Å². The van der Waals surface area contributed by atoms with Gasteiger partial charge in [0.05, 0.1) is 11.9 Å². The van der Waals surface area contributed by atoms with Crippen LogP contribution in [0.25, 0.3) is 0 Å². The van der Waals surface area contributed by atoms with E-state index in [4.69, 9.17) is 23.2 Å². The molecule has 0 spiro atoms. The second kappa shape index (κ2) is 19.4. The molecule has 2 aromatic rings. The van der Waals surface area contributed by atoms with Gasteiger partial charge in [0.15, 0.2) is 0 Å². The molecule has 4 heterocycles. The number of nitrogens with one attached hydrogen (secondary N) is 2. The fourth-order valence-corrected chi connectivity index (χ4v) is 4.38. The summed E-state index contributed by atoms with van der Waals surface area (Å²) >= 11 is 13.4. The molecule has 2 N–H and O–H groups in total. The summed E-state index contributed by atoms with van der Waals surface area (Å²) in [5.74, 6) is 0. The second-order valence-electron chi connectivity index (χ2n) is 10.5. The SMILES string of the molecule is CC(C)(C)[O-].CC1CCCC(C)N1.CC1CN(c2ccc(Cl)nc2)CC(C)N1.Clc1ccc(I)cn1.[Na+]. The van der Waals surface area contributed by atoms with Gasteiger partial charge in [-0.2, -0.15) is 0 Å². The molecule has 2 aliphatic rings. The number of piperazine rings is 1. The zero-order valence-electron chi connectivity index (χ0n) is 23.7. The number of halogens is 3. The number of rotatable bonds is 1. The summed E-state index contributed by atoms with van der Waals surface area (Å²) in [6.45, 7) is 15.9. The molecular weight excluding hydrogens is 631 g/mol. The van der Waals surface area contributed by atoms with Crippen molar-refractivity contribution in [1.29, 1.82) is 0 Å². The van der Waals surface area contributed by atoms with Crippen molar-refractivity contribution in [2.75, 3.05) is 18.0 Å². The van der Waals surface area contributed by atoms with Crippen molar-refractivity contribution in [3.8, 4) is 0 Å². The van der Waals surface area contributed by atoms with Crippen molar-refractivity contribution in [3.05, 3.63) is 50.5 Å². The quantitative estimate of drug-likeness (QED) is 0.276. The molecule has 2 aromatic heterocycles. The van der Waals surface area contributed by atoms with Crippen molar-refractivity contribution in [2.45, 2.75) is 97.5 Å². The van der Waals surface area contributed by atoms with Crippen LogP contribution in [0.4, 0.5) is 5.69 Å². The average Bonchev–Trinajstić information content (AvgIpc) is 2.75. The Kier molecular flexibility index (Phi) is 19.5. The van der Waals surface area contributed by atoms with Gasteiger partial charge < -0.3 is 20.6 Å². The molecule has 2 fully saturated rings. The summed E-state index contributed by atoms with van der Waals surface area (Å²) < 4.78 is 1.10. The number of aromatic nitrogens is 2. The van der Waals surface area contributed by atoms with Gasteiger partial charge in [-0.15, -0.1) is 5.60 Å². The van der Waals surface area contributed by atoms with Crippen LogP contribution in [-0.4, -0.2) is 52.8 Å². The first-order chi connectivity index (χ1) is 16.7. The van der Waals surface area contributed by atoms with Gasteiger partial charge in [-0.1, -0.05) is 50.4 Å².